The monoisotopic (exact) mass is 422 g/mol. The Morgan fingerprint density at radius 2 is 1.77 bits per heavy atom. The molecule has 0 radical (unpaired) electrons. The zero-order valence-corrected chi connectivity index (χ0v) is 16.2. The molecule has 1 aliphatic rings. The SMILES string of the molecule is CC(=O)OC[C@H]1O[C@@H](n2ncc(-n3cncn3)nc2=O)[C@H](OC(C)=O)[C@@H]1OC(C)=O. The van der Waals surface area contributed by atoms with Crippen LogP contribution < -0.4 is 5.69 Å². The van der Waals surface area contributed by atoms with E-state index in [4.69, 9.17) is 18.9 Å². The Kier molecular flexibility index (Phi) is 6.15. The van der Waals surface area contributed by atoms with Crippen LogP contribution in [0.1, 0.15) is 27.0 Å². The third kappa shape index (κ3) is 4.65. The molecule has 14 nitrogen and oxygen atoms in total. The van der Waals surface area contributed by atoms with E-state index in [1.54, 1.807) is 0 Å². The summed E-state index contributed by atoms with van der Waals surface area (Å²) in [6.07, 6.45) is -0.888. The van der Waals surface area contributed by atoms with Crippen LogP contribution in [0.3, 0.4) is 0 Å². The lowest BCUT2D eigenvalue weighted by molar-refractivity contribution is -0.166. The number of hydrogen-bond acceptors (Lipinski definition) is 12. The van der Waals surface area contributed by atoms with Gasteiger partial charge in [-0.05, 0) is 0 Å². The van der Waals surface area contributed by atoms with Crippen molar-refractivity contribution in [2.24, 2.45) is 0 Å². The van der Waals surface area contributed by atoms with E-state index >= 15 is 0 Å². The van der Waals surface area contributed by atoms with Crippen LogP contribution in [-0.2, 0) is 33.3 Å². The molecule has 2 aromatic rings. The van der Waals surface area contributed by atoms with E-state index < -0.39 is 48.1 Å². The molecule has 160 valence electrons. The van der Waals surface area contributed by atoms with Gasteiger partial charge in [0.15, 0.2) is 24.3 Å². The lowest BCUT2D eigenvalue weighted by Gasteiger charge is -2.23. The van der Waals surface area contributed by atoms with Crippen LogP contribution >= 0.6 is 0 Å². The van der Waals surface area contributed by atoms with Gasteiger partial charge in [-0.1, -0.05) is 0 Å². The van der Waals surface area contributed by atoms with Crippen LogP contribution in [0.25, 0.3) is 5.82 Å². The summed E-state index contributed by atoms with van der Waals surface area (Å²) in [6, 6.07) is 0. The average Bonchev–Trinajstić information content (AvgIpc) is 3.29. The highest BCUT2D eigenvalue weighted by molar-refractivity contribution is 5.67. The minimum Gasteiger partial charge on any atom is -0.463 e. The maximum atomic E-state index is 12.6. The third-order valence-corrected chi connectivity index (χ3v) is 3.94. The predicted molar refractivity (Wildman–Crippen MR) is 92.9 cm³/mol. The number of rotatable bonds is 6. The molecule has 4 atom stereocenters. The summed E-state index contributed by atoms with van der Waals surface area (Å²) >= 11 is 0. The second-order valence-electron chi connectivity index (χ2n) is 6.20. The Balaban J connectivity index is 1.96. The molecule has 0 spiro atoms. The summed E-state index contributed by atoms with van der Waals surface area (Å²) < 4.78 is 23.2. The van der Waals surface area contributed by atoms with Gasteiger partial charge in [-0.2, -0.15) is 19.9 Å². The van der Waals surface area contributed by atoms with Gasteiger partial charge in [-0.15, -0.1) is 0 Å². The Bertz CT molecular complexity index is 990. The van der Waals surface area contributed by atoms with Crippen molar-refractivity contribution in [1.29, 1.82) is 0 Å². The van der Waals surface area contributed by atoms with E-state index in [0.29, 0.717) is 0 Å². The van der Waals surface area contributed by atoms with Crippen molar-refractivity contribution in [3.63, 3.8) is 0 Å². The molecule has 3 rings (SSSR count). The van der Waals surface area contributed by atoms with Crippen molar-refractivity contribution in [3.8, 4) is 5.82 Å². The first-order valence-electron chi connectivity index (χ1n) is 8.70. The molecule has 0 N–H and O–H groups in total. The zero-order chi connectivity index (χ0) is 21.8. The van der Waals surface area contributed by atoms with Gasteiger partial charge in [0.1, 0.15) is 25.4 Å². The second kappa shape index (κ2) is 8.77. The van der Waals surface area contributed by atoms with Crippen molar-refractivity contribution in [2.45, 2.75) is 45.3 Å². The second-order valence-corrected chi connectivity index (χ2v) is 6.20. The largest absolute Gasteiger partial charge is 0.463 e. The zero-order valence-electron chi connectivity index (χ0n) is 16.2. The van der Waals surface area contributed by atoms with Crippen LogP contribution in [0.4, 0.5) is 0 Å². The summed E-state index contributed by atoms with van der Waals surface area (Å²) in [5.74, 6) is -1.89. The van der Waals surface area contributed by atoms with E-state index in [0.717, 1.165) is 18.5 Å². The summed E-state index contributed by atoms with van der Waals surface area (Å²) in [5.41, 5.74) is -0.847. The summed E-state index contributed by atoms with van der Waals surface area (Å²) in [4.78, 5) is 54.6. The van der Waals surface area contributed by atoms with Gasteiger partial charge < -0.3 is 18.9 Å². The molecule has 1 fully saturated rings. The summed E-state index contributed by atoms with van der Waals surface area (Å²) in [5, 5.41) is 7.86. The Morgan fingerprint density at radius 1 is 1.07 bits per heavy atom. The van der Waals surface area contributed by atoms with Crippen molar-refractivity contribution < 1.29 is 33.3 Å². The molecule has 0 aromatic carbocycles. The van der Waals surface area contributed by atoms with E-state index in [2.05, 4.69) is 20.2 Å². The average molecular weight is 422 g/mol. The van der Waals surface area contributed by atoms with Crippen molar-refractivity contribution in [1.82, 2.24) is 29.5 Å². The Morgan fingerprint density at radius 3 is 2.33 bits per heavy atom. The molecular formula is C16H18N6O8. The molecule has 14 heteroatoms. The summed E-state index contributed by atoms with van der Waals surface area (Å²) in [7, 11) is 0. The topological polar surface area (TPSA) is 167 Å². The number of carbonyl (C=O) groups excluding carboxylic acids is 3. The van der Waals surface area contributed by atoms with E-state index in [1.807, 2.05) is 0 Å². The fourth-order valence-electron chi connectivity index (χ4n) is 2.84. The van der Waals surface area contributed by atoms with Crippen molar-refractivity contribution in [3.05, 3.63) is 29.3 Å². The van der Waals surface area contributed by atoms with Crippen LogP contribution in [0.15, 0.2) is 23.6 Å². The number of nitrogens with zero attached hydrogens (tertiary/aromatic N) is 6. The van der Waals surface area contributed by atoms with Crippen LogP contribution in [0.5, 0.6) is 0 Å². The minimum absolute atomic E-state index is 0.101. The maximum absolute atomic E-state index is 12.6. The first-order chi connectivity index (χ1) is 14.3. The fourth-order valence-corrected chi connectivity index (χ4v) is 2.84. The molecule has 3 heterocycles. The molecule has 30 heavy (non-hydrogen) atoms. The Hall–Kier alpha value is -3.68. The van der Waals surface area contributed by atoms with Gasteiger partial charge >= 0.3 is 23.6 Å². The highest BCUT2D eigenvalue weighted by atomic mass is 16.7. The van der Waals surface area contributed by atoms with Gasteiger partial charge in [-0.25, -0.2) is 14.5 Å². The fraction of sp³-hybridized carbons (Fsp3) is 0.500. The number of hydrogen-bond donors (Lipinski definition) is 0. The van der Waals surface area contributed by atoms with E-state index in [1.165, 1.54) is 30.5 Å². The highest BCUT2D eigenvalue weighted by Crippen LogP contribution is 2.33. The number of aromatic nitrogens is 6. The van der Waals surface area contributed by atoms with E-state index in [-0.39, 0.29) is 12.4 Å². The van der Waals surface area contributed by atoms with E-state index in [9.17, 15) is 19.2 Å². The first-order valence-corrected chi connectivity index (χ1v) is 8.70. The standard InChI is InChI=1S/C16H18N6O8/c1-8(23)27-5-11-13(28-9(2)24)14(29-10(3)25)15(30-11)22-16(26)20-12(4-18-22)21-7-17-6-19-21/h4,6-7,11,13-15H,5H2,1-3H3/t11-,13-,14-,15-/m1/s1. The lowest BCUT2D eigenvalue weighted by atomic mass is 10.1. The normalized spacial score (nSPS) is 23.0. The molecule has 0 amide bonds. The van der Waals surface area contributed by atoms with Gasteiger partial charge in [0.2, 0.25) is 0 Å². The van der Waals surface area contributed by atoms with Gasteiger partial charge in [0.05, 0.1) is 6.20 Å². The van der Waals surface area contributed by atoms with Crippen LogP contribution in [0.2, 0.25) is 0 Å². The van der Waals surface area contributed by atoms with Gasteiger partial charge in [0.25, 0.3) is 0 Å². The molecule has 2 aromatic heterocycles. The third-order valence-electron chi connectivity index (χ3n) is 3.94. The predicted octanol–water partition coefficient (Wildman–Crippen LogP) is -1.46. The van der Waals surface area contributed by atoms with Crippen molar-refractivity contribution in [2.75, 3.05) is 6.61 Å². The number of esters is 3. The number of ether oxygens (including phenoxy) is 4. The van der Waals surface area contributed by atoms with Crippen molar-refractivity contribution >= 4 is 17.9 Å². The highest BCUT2D eigenvalue weighted by Gasteiger charge is 2.51. The van der Waals surface area contributed by atoms with Gasteiger partial charge in [0, 0.05) is 20.8 Å². The summed E-state index contributed by atoms with van der Waals surface area (Å²) in [6.45, 7) is 3.18. The van der Waals surface area contributed by atoms with Gasteiger partial charge in [-0.3, -0.25) is 14.4 Å². The molecule has 0 unspecified atom stereocenters. The smallest absolute Gasteiger partial charge is 0.368 e. The maximum Gasteiger partial charge on any atom is 0.368 e. The number of carbonyl (C=O) groups is 3. The molecule has 0 aliphatic carbocycles. The quantitative estimate of drug-likeness (QED) is 0.393. The minimum atomic E-state index is -1.29. The first kappa shape index (κ1) is 21.0. The molecule has 1 saturated heterocycles. The molecule has 1 aliphatic heterocycles. The van der Waals surface area contributed by atoms with Crippen LogP contribution in [-0.4, -0.2) is 72.4 Å². The molecular weight excluding hydrogens is 404 g/mol. The molecule has 0 bridgehead atoms. The van der Waals surface area contributed by atoms with Crippen LogP contribution in [0, 0.1) is 0 Å². The molecule has 0 saturated carbocycles. The lowest BCUT2D eigenvalue weighted by Crippen LogP contribution is -2.42. The Labute approximate surface area is 168 Å².